The molecule has 0 aliphatic rings. The van der Waals surface area contributed by atoms with Crippen LogP contribution in [0.4, 0.5) is 0 Å². The van der Waals surface area contributed by atoms with Gasteiger partial charge in [0.05, 0.1) is 14.2 Å². The molecule has 0 aliphatic heterocycles. The number of aryl methyl sites for hydroxylation is 1. The lowest BCUT2D eigenvalue weighted by molar-refractivity contribution is 0.0468. The van der Waals surface area contributed by atoms with Gasteiger partial charge in [0.1, 0.15) is 17.1 Å². The first kappa shape index (κ1) is 19.3. The minimum atomic E-state index is -0.674. The second-order valence-corrected chi connectivity index (χ2v) is 5.72. The number of Topliss-reactive ketones (excluding diaryl/α,β-unsaturated/α-hetero) is 1. The molecule has 1 heterocycles. The van der Waals surface area contributed by atoms with Crippen molar-refractivity contribution in [3.63, 3.8) is 0 Å². The van der Waals surface area contributed by atoms with E-state index in [0.29, 0.717) is 23.6 Å². The summed E-state index contributed by atoms with van der Waals surface area (Å²) >= 11 is 0. The molecule has 0 radical (unpaired) electrons. The zero-order chi connectivity index (χ0) is 19.3. The Hall–Kier alpha value is -3.02. The number of ether oxygens (including phenoxy) is 3. The maximum absolute atomic E-state index is 12.5. The van der Waals surface area contributed by atoms with E-state index in [4.69, 9.17) is 14.2 Å². The van der Waals surface area contributed by atoms with E-state index in [2.05, 4.69) is 6.58 Å². The molecule has 2 aromatic rings. The fraction of sp³-hybridized carbons (Fsp3) is 0.300. The van der Waals surface area contributed by atoms with Crippen LogP contribution in [-0.2, 0) is 11.3 Å². The second-order valence-electron chi connectivity index (χ2n) is 5.72. The summed E-state index contributed by atoms with van der Waals surface area (Å²) in [4.78, 5) is 24.9. The predicted molar refractivity (Wildman–Crippen MR) is 98.3 cm³/mol. The number of nitrogens with zero attached hydrogens (tertiary/aromatic N) is 1. The highest BCUT2D eigenvalue weighted by Gasteiger charge is 2.22. The van der Waals surface area contributed by atoms with E-state index in [1.54, 1.807) is 30.3 Å². The van der Waals surface area contributed by atoms with E-state index in [-0.39, 0.29) is 18.0 Å². The smallest absolute Gasteiger partial charge is 0.346 e. The monoisotopic (exact) mass is 357 g/mol. The highest BCUT2D eigenvalue weighted by atomic mass is 16.5. The highest BCUT2D eigenvalue weighted by Crippen LogP contribution is 2.29. The molecule has 138 valence electrons. The number of esters is 1. The molecule has 6 heteroatoms. The van der Waals surface area contributed by atoms with Crippen LogP contribution in [-0.4, -0.2) is 37.1 Å². The summed E-state index contributed by atoms with van der Waals surface area (Å²) in [5.74, 6) is -0.292. The first-order chi connectivity index (χ1) is 12.4. The number of methoxy groups -OCH3 is 2. The molecular weight excluding hydrogens is 334 g/mol. The zero-order valence-electron chi connectivity index (χ0n) is 15.5. The maximum atomic E-state index is 12.5. The van der Waals surface area contributed by atoms with Gasteiger partial charge in [-0.15, -0.1) is 6.58 Å². The van der Waals surface area contributed by atoms with Gasteiger partial charge in [0.2, 0.25) is 5.78 Å². The number of carbonyl (C=O) groups excluding carboxylic acids is 2. The molecular formula is C20H23NO5. The zero-order valence-corrected chi connectivity index (χ0v) is 15.5. The third kappa shape index (κ3) is 3.79. The van der Waals surface area contributed by atoms with Gasteiger partial charge < -0.3 is 18.8 Å². The number of hydrogen-bond donors (Lipinski definition) is 0. The SMILES string of the molecule is C=CCn1c(C)cc(C(=O)COC(=O)c2c(OC)cccc2OC)c1C. The molecule has 0 N–H and O–H groups in total. The van der Waals surface area contributed by atoms with Gasteiger partial charge in [-0.1, -0.05) is 12.1 Å². The Bertz CT molecular complexity index is 813. The highest BCUT2D eigenvalue weighted by molar-refractivity contribution is 6.01. The lowest BCUT2D eigenvalue weighted by atomic mass is 10.1. The molecule has 1 aromatic carbocycles. The van der Waals surface area contributed by atoms with Crippen molar-refractivity contribution in [3.05, 3.63) is 59.4 Å². The third-order valence-corrected chi connectivity index (χ3v) is 4.15. The Kier molecular flexibility index (Phi) is 6.22. The van der Waals surface area contributed by atoms with Crippen LogP contribution in [0.5, 0.6) is 11.5 Å². The second kappa shape index (κ2) is 8.38. The van der Waals surface area contributed by atoms with Gasteiger partial charge in [-0.05, 0) is 32.0 Å². The van der Waals surface area contributed by atoms with Gasteiger partial charge in [0.25, 0.3) is 0 Å². The standard InChI is InChI=1S/C20H23NO5/c1-6-10-21-13(2)11-15(14(21)3)16(22)12-26-20(23)19-17(24-4)8-7-9-18(19)25-5/h6-9,11H,1,10,12H2,2-5H3. The van der Waals surface area contributed by atoms with Crippen molar-refractivity contribution in [2.75, 3.05) is 20.8 Å². The maximum Gasteiger partial charge on any atom is 0.346 e. The molecule has 26 heavy (non-hydrogen) atoms. The molecule has 0 unspecified atom stereocenters. The summed E-state index contributed by atoms with van der Waals surface area (Å²) in [5, 5.41) is 0. The summed E-state index contributed by atoms with van der Waals surface area (Å²) < 4.78 is 17.6. The van der Waals surface area contributed by atoms with Crippen LogP contribution in [0.2, 0.25) is 0 Å². The quantitative estimate of drug-likeness (QED) is 0.412. The molecule has 0 aliphatic carbocycles. The van der Waals surface area contributed by atoms with Crippen molar-refractivity contribution in [1.82, 2.24) is 4.57 Å². The van der Waals surface area contributed by atoms with Gasteiger partial charge in [-0.3, -0.25) is 4.79 Å². The fourth-order valence-corrected chi connectivity index (χ4v) is 2.83. The van der Waals surface area contributed by atoms with Crippen LogP contribution in [0, 0.1) is 13.8 Å². The van der Waals surface area contributed by atoms with Crippen LogP contribution >= 0.6 is 0 Å². The number of carbonyl (C=O) groups is 2. The number of aromatic nitrogens is 1. The summed E-state index contributed by atoms with van der Waals surface area (Å²) in [6.45, 7) is 7.74. The van der Waals surface area contributed by atoms with Crippen LogP contribution in [0.1, 0.15) is 32.1 Å². The van der Waals surface area contributed by atoms with E-state index in [9.17, 15) is 9.59 Å². The molecule has 0 bridgehead atoms. The van der Waals surface area contributed by atoms with Crippen LogP contribution in [0.15, 0.2) is 36.9 Å². The molecule has 0 amide bonds. The third-order valence-electron chi connectivity index (χ3n) is 4.15. The van der Waals surface area contributed by atoms with Crippen molar-refractivity contribution in [1.29, 1.82) is 0 Å². The summed E-state index contributed by atoms with van der Waals surface area (Å²) in [6.07, 6.45) is 1.77. The van der Waals surface area contributed by atoms with E-state index in [1.807, 2.05) is 18.4 Å². The van der Waals surface area contributed by atoms with Gasteiger partial charge in [-0.2, -0.15) is 0 Å². The molecule has 0 spiro atoms. The minimum Gasteiger partial charge on any atom is -0.496 e. The number of ketones is 1. The van der Waals surface area contributed by atoms with E-state index >= 15 is 0 Å². The van der Waals surface area contributed by atoms with Crippen molar-refractivity contribution < 1.29 is 23.8 Å². The van der Waals surface area contributed by atoms with Crippen LogP contribution in [0.3, 0.4) is 0 Å². The van der Waals surface area contributed by atoms with Crippen molar-refractivity contribution in [3.8, 4) is 11.5 Å². The number of allylic oxidation sites excluding steroid dienone is 1. The topological polar surface area (TPSA) is 66.8 Å². The normalized spacial score (nSPS) is 10.3. The summed E-state index contributed by atoms with van der Waals surface area (Å²) in [6, 6.07) is 6.75. The van der Waals surface area contributed by atoms with Crippen LogP contribution < -0.4 is 9.47 Å². The van der Waals surface area contributed by atoms with Crippen molar-refractivity contribution in [2.24, 2.45) is 0 Å². The van der Waals surface area contributed by atoms with Crippen molar-refractivity contribution in [2.45, 2.75) is 20.4 Å². The largest absolute Gasteiger partial charge is 0.496 e. The average Bonchev–Trinajstić information content (AvgIpc) is 2.93. The Morgan fingerprint density at radius 3 is 2.31 bits per heavy atom. The Morgan fingerprint density at radius 1 is 1.15 bits per heavy atom. The summed E-state index contributed by atoms with van der Waals surface area (Å²) in [7, 11) is 2.90. The molecule has 0 fully saturated rings. The van der Waals surface area contributed by atoms with Crippen molar-refractivity contribution >= 4 is 11.8 Å². The van der Waals surface area contributed by atoms with E-state index in [0.717, 1.165) is 11.4 Å². The van der Waals surface area contributed by atoms with E-state index in [1.165, 1.54) is 14.2 Å². The lowest BCUT2D eigenvalue weighted by Crippen LogP contribution is -2.16. The summed E-state index contributed by atoms with van der Waals surface area (Å²) in [5.41, 5.74) is 2.45. The Morgan fingerprint density at radius 2 is 1.77 bits per heavy atom. The first-order valence-electron chi connectivity index (χ1n) is 8.13. The average molecular weight is 357 g/mol. The fourth-order valence-electron chi connectivity index (χ4n) is 2.83. The van der Waals surface area contributed by atoms with Crippen LogP contribution in [0.25, 0.3) is 0 Å². The molecule has 1 aromatic heterocycles. The lowest BCUT2D eigenvalue weighted by Gasteiger charge is -2.12. The number of benzene rings is 1. The molecule has 0 atom stereocenters. The van der Waals surface area contributed by atoms with Gasteiger partial charge in [0.15, 0.2) is 6.61 Å². The molecule has 0 saturated heterocycles. The van der Waals surface area contributed by atoms with Gasteiger partial charge >= 0.3 is 5.97 Å². The molecule has 0 saturated carbocycles. The number of hydrogen-bond acceptors (Lipinski definition) is 5. The number of rotatable bonds is 8. The van der Waals surface area contributed by atoms with Gasteiger partial charge in [-0.25, -0.2) is 4.79 Å². The van der Waals surface area contributed by atoms with E-state index < -0.39 is 5.97 Å². The predicted octanol–water partition coefficient (Wildman–Crippen LogP) is 3.35. The molecule has 6 nitrogen and oxygen atoms in total. The molecule has 2 rings (SSSR count). The Balaban J connectivity index is 2.17. The van der Waals surface area contributed by atoms with Gasteiger partial charge in [0, 0.05) is 23.5 Å². The Labute approximate surface area is 153 Å². The minimum absolute atomic E-state index is 0.155. The first-order valence-corrected chi connectivity index (χ1v) is 8.13.